The number of carbonyl (C=O) groups is 1. The molecule has 1 aliphatic heterocycles. The number of hydrogen-bond acceptors (Lipinski definition) is 4. The molecule has 0 spiro atoms. The Kier molecular flexibility index (Phi) is 4.85. The van der Waals surface area contributed by atoms with Gasteiger partial charge in [-0.25, -0.2) is 0 Å². The van der Waals surface area contributed by atoms with Crippen LogP contribution in [0, 0.1) is 5.41 Å². The Hall–Kier alpha value is -1.51. The van der Waals surface area contributed by atoms with E-state index in [1.54, 1.807) is 0 Å². The molecule has 1 saturated heterocycles. The van der Waals surface area contributed by atoms with Crippen molar-refractivity contribution in [1.82, 2.24) is 9.80 Å². The second-order valence-electron chi connectivity index (χ2n) is 5.29. The van der Waals surface area contributed by atoms with Crippen molar-refractivity contribution in [2.45, 2.75) is 20.0 Å². The van der Waals surface area contributed by atoms with E-state index in [-0.39, 0.29) is 37.9 Å². The minimum atomic E-state index is -4.24. The Bertz CT molecular complexity index is 388. The van der Waals surface area contributed by atoms with Crippen molar-refractivity contribution in [3.8, 4) is 0 Å². The fourth-order valence-electron chi connectivity index (χ4n) is 1.99. The first kappa shape index (κ1) is 16.5. The molecule has 20 heavy (non-hydrogen) atoms. The second kappa shape index (κ2) is 5.86. The summed E-state index contributed by atoms with van der Waals surface area (Å²) in [6.45, 7) is 2.72. The predicted molar refractivity (Wildman–Crippen MR) is 66.3 cm³/mol. The lowest BCUT2D eigenvalue weighted by atomic mass is 9.90. The van der Waals surface area contributed by atoms with Crippen LogP contribution in [0.2, 0.25) is 0 Å². The number of rotatable bonds is 3. The molecule has 0 unspecified atom stereocenters. The summed E-state index contributed by atoms with van der Waals surface area (Å²) in [5.41, 5.74) is 4.28. The number of amides is 1. The van der Waals surface area contributed by atoms with E-state index in [4.69, 9.17) is 10.9 Å². The lowest BCUT2D eigenvalue weighted by Crippen LogP contribution is -2.55. The highest BCUT2D eigenvalue weighted by atomic mass is 19.4. The number of hydrogen-bond donors (Lipinski definition) is 2. The third-order valence-electron chi connectivity index (χ3n) is 3.35. The summed E-state index contributed by atoms with van der Waals surface area (Å²) in [5.74, 6) is -0.584. The Morgan fingerprint density at radius 2 is 1.75 bits per heavy atom. The molecule has 0 aromatic carbocycles. The van der Waals surface area contributed by atoms with Crippen LogP contribution in [0.1, 0.15) is 13.8 Å². The maximum Gasteiger partial charge on any atom is 0.401 e. The summed E-state index contributed by atoms with van der Waals surface area (Å²) in [6.07, 6.45) is -4.24. The fourth-order valence-corrected chi connectivity index (χ4v) is 1.99. The molecule has 1 amide bonds. The highest BCUT2D eigenvalue weighted by Crippen LogP contribution is 2.22. The van der Waals surface area contributed by atoms with Crippen LogP contribution in [0.4, 0.5) is 13.2 Å². The molecule has 1 fully saturated rings. The maximum atomic E-state index is 12.3. The van der Waals surface area contributed by atoms with E-state index >= 15 is 0 Å². The van der Waals surface area contributed by atoms with E-state index in [0.717, 1.165) is 0 Å². The monoisotopic (exact) mass is 296 g/mol. The summed E-state index contributed by atoms with van der Waals surface area (Å²) in [7, 11) is 0. The van der Waals surface area contributed by atoms with Gasteiger partial charge in [0.25, 0.3) is 0 Å². The van der Waals surface area contributed by atoms with Crippen molar-refractivity contribution < 1.29 is 23.2 Å². The van der Waals surface area contributed by atoms with E-state index in [1.165, 1.54) is 23.6 Å². The standard InChI is InChI=1S/C11H19F3N4O2/c1-10(2,8(15)16-20)9(19)18-5-3-17(4-6-18)7-11(12,13)14/h20H,3-7H2,1-2H3,(H2,15,16). The van der Waals surface area contributed by atoms with Crippen LogP contribution >= 0.6 is 0 Å². The molecule has 1 rings (SSSR count). The van der Waals surface area contributed by atoms with Crippen molar-refractivity contribution >= 4 is 11.7 Å². The molecule has 1 aliphatic rings. The molecule has 0 radical (unpaired) electrons. The van der Waals surface area contributed by atoms with E-state index in [0.29, 0.717) is 0 Å². The van der Waals surface area contributed by atoms with E-state index in [2.05, 4.69) is 5.16 Å². The molecular formula is C11H19F3N4O2. The van der Waals surface area contributed by atoms with Crippen LogP contribution in [0.5, 0.6) is 0 Å². The molecule has 1 heterocycles. The lowest BCUT2D eigenvalue weighted by Gasteiger charge is -2.38. The highest BCUT2D eigenvalue weighted by Gasteiger charge is 2.39. The van der Waals surface area contributed by atoms with Crippen molar-refractivity contribution in [3.05, 3.63) is 0 Å². The van der Waals surface area contributed by atoms with Gasteiger partial charge in [-0.05, 0) is 13.8 Å². The van der Waals surface area contributed by atoms with Gasteiger partial charge >= 0.3 is 6.18 Å². The number of alkyl halides is 3. The molecule has 0 atom stereocenters. The molecule has 0 aliphatic carbocycles. The van der Waals surface area contributed by atoms with Crippen molar-refractivity contribution in [2.75, 3.05) is 32.7 Å². The largest absolute Gasteiger partial charge is 0.409 e. The summed E-state index contributed by atoms with van der Waals surface area (Å²) >= 11 is 0. The molecule has 0 saturated carbocycles. The number of amidine groups is 1. The van der Waals surface area contributed by atoms with Gasteiger partial charge < -0.3 is 15.8 Å². The fraction of sp³-hybridized carbons (Fsp3) is 0.818. The summed E-state index contributed by atoms with van der Waals surface area (Å²) < 4.78 is 36.8. The predicted octanol–water partition coefficient (Wildman–Crippen LogP) is 0.465. The number of nitrogens with two attached hydrogens (primary N) is 1. The van der Waals surface area contributed by atoms with Gasteiger partial charge in [0.1, 0.15) is 5.41 Å². The van der Waals surface area contributed by atoms with Gasteiger partial charge in [0.05, 0.1) is 6.54 Å². The highest BCUT2D eigenvalue weighted by molar-refractivity contribution is 6.05. The summed E-state index contributed by atoms with van der Waals surface area (Å²) in [5, 5.41) is 11.5. The molecule has 0 bridgehead atoms. The van der Waals surface area contributed by atoms with Crippen LogP contribution in [-0.4, -0.2) is 65.6 Å². The molecule has 3 N–H and O–H groups in total. The summed E-state index contributed by atoms with van der Waals surface area (Å²) in [4.78, 5) is 14.9. The zero-order valence-electron chi connectivity index (χ0n) is 11.4. The van der Waals surface area contributed by atoms with Crippen molar-refractivity contribution in [2.24, 2.45) is 16.3 Å². The van der Waals surface area contributed by atoms with Crippen molar-refractivity contribution in [1.29, 1.82) is 0 Å². The van der Waals surface area contributed by atoms with Gasteiger partial charge in [0, 0.05) is 26.2 Å². The molecule has 9 heteroatoms. The zero-order valence-corrected chi connectivity index (χ0v) is 11.4. The van der Waals surface area contributed by atoms with Gasteiger partial charge in [-0.3, -0.25) is 9.69 Å². The van der Waals surface area contributed by atoms with Crippen LogP contribution < -0.4 is 5.73 Å². The van der Waals surface area contributed by atoms with Gasteiger partial charge in [-0.1, -0.05) is 5.16 Å². The number of halogens is 3. The first-order valence-corrected chi connectivity index (χ1v) is 6.14. The molecule has 0 aromatic rings. The topological polar surface area (TPSA) is 82.2 Å². The minimum Gasteiger partial charge on any atom is -0.409 e. The van der Waals surface area contributed by atoms with Gasteiger partial charge in [0.15, 0.2) is 5.84 Å². The van der Waals surface area contributed by atoms with Gasteiger partial charge in [-0.15, -0.1) is 0 Å². The first-order chi connectivity index (χ1) is 9.08. The minimum absolute atomic E-state index is 0.150. The molecular weight excluding hydrogens is 277 g/mol. The van der Waals surface area contributed by atoms with E-state index in [1.807, 2.05) is 0 Å². The average Bonchev–Trinajstić information content (AvgIpc) is 2.35. The van der Waals surface area contributed by atoms with E-state index < -0.39 is 18.1 Å². The third kappa shape index (κ3) is 3.99. The van der Waals surface area contributed by atoms with Crippen LogP contribution in [0.15, 0.2) is 5.16 Å². The SMILES string of the molecule is CC(C)(C(=O)N1CCN(CC(F)(F)F)CC1)C(N)=NO. The smallest absolute Gasteiger partial charge is 0.401 e. The third-order valence-corrected chi connectivity index (χ3v) is 3.35. The molecule has 116 valence electrons. The zero-order chi connectivity index (χ0) is 15.6. The number of carbonyl (C=O) groups excluding carboxylic acids is 1. The van der Waals surface area contributed by atoms with Crippen LogP contribution in [-0.2, 0) is 4.79 Å². The Morgan fingerprint density at radius 1 is 1.25 bits per heavy atom. The van der Waals surface area contributed by atoms with Crippen molar-refractivity contribution in [3.63, 3.8) is 0 Å². The lowest BCUT2D eigenvalue weighted by molar-refractivity contribution is -0.153. The average molecular weight is 296 g/mol. The Morgan fingerprint density at radius 3 is 2.15 bits per heavy atom. The first-order valence-electron chi connectivity index (χ1n) is 6.14. The van der Waals surface area contributed by atoms with Gasteiger partial charge in [-0.2, -0.15) is 13.2 Å². The van der Waals surface area contributed by atoms with Crippen LogP contribution in [0.25, 0.3) is 0 Å². The number of piperazine rings is 1. The Labute approximate surface area is 115 Å². The summed E-state index contributed by atoms with van der Waals surface area (Å²) in [6, 6.07) is 0. The van der Waals surface area contributed by atoms with Gasteiger partial charge in [0.2, 0.25) is 5.91 Å². The second-order valence-corrected chi connectivity index (χ2v) is 5.29. The molecule has 6 nitrogen and oxygen atoms in total. The quantitative estimate of drug-likeness (QED) is 0.343. The van der Waals surface area contributed by atoms with Crippen LogP contribution in [0.3, 0.4) is 0 Å². The maximum absolute atomic E-state index is 12.3. The normalized spacial score (nSPS) is 19.2. The Balaban J connectivity index is 2.60. The number of oxime groups is 1. The molecule has 0 aromatic heterocycles. The number of nitrogens with zero attached hydrogens (tertiary/aromatic N) is 3. The van der Waals surface area contributed by atoms with E-state index in [9.17, 15) is 18.0 Å².